The van der Waals surface area contributed by atoms with Crippen LogP contribution in [-0.2, 0) is 11.3 Å². The molecule has 7 heteroatoms. The van der Waals surface area contributed by atoms with E-state index in [-0.39, 0.29) is 0 Å². The van der Waals surface area contributed by atoms with E-state index in [1.54, 1.807) is 14.2 Å². The molecular formula is C22H34N4O3. The third-order valence-corrected chi connectivity index (χ3v) is 5.45. The predicted octanol–water partition coefficient (Wildman–Crippen LogP) is 2.18. The van der Waals surface area contributed by atoms with Crippen LogP contribution in [0.3, 0.4) is 0 Å². The summed E-state index contributed by atoms with van der Waals surface area (Å²) < 4.78 is 16.1. The highest BCUT2D eigenvalue weighted by Crippen LogP contribution is 2.24. The lowest BCUT2D eigenvalue weighted by molar-refractivity contribution is 0.153. The second-order valence-corrected chi connectivity index (χ2v) is 7.52. The van der Waals surface area contributed by atoms with E-state index in [0.717, 1.165) is 76.1 Å². The van der Waals surface area contributed by atoms with Gasteiger partial charge in [-0.1, -0.05) is 11.6 Å². The maximum Gasteiger partial charge on any atom is 0.191 e. The normalized spacial score (nSPS) is 20.3. The molecule has 2 N–H and O–H groups in total. The number of nitrogens with one attached hydrogen (secondary N) is 2. The lowest BCUT2D eigenvalue weighted by atomic mass is 10.1. The van der Waals surface area contributed by atoms with Gasteiger partial charge in [0.05, 0.1) is 27.4 Å². The third kappa shape index (κ3) is 6.65. The summed E-state index contributed by atoms with van der Waals surface area (Å²) in [5.74, 6) is 2.54. The van der Waals surface area contributed by atoms with Crippen LogP contribution < -0.4 is 20.1 Å². The summed E-state index contributed by atoms with van der Waals surface area (Å²) in [4.78, 5) is 6.84. The van der Waals surface area contributed by atoms with E-state index < -0.39 is 0 Å². The van der Waals surface area contributed by atoms with Crippen LogP contribution in [0.15, 0.2) is 34.8 Å². The van der Waals surface area contributed by atoms with Crippen molar-refractivity contribution in [2.45, 2.75) is 31.8 Å². The van der Waals surface area contributed by atoms with Crippen molar-refractivity contribution >= 4 is 5.96 Å². The van der Waals surface area contributed by atoms with Crippen LogP contribution >= 0.6 is 0 Å². The largest absolute Gasteiger partial charge is 0.497 e. The van der Waals surface area contributed by atoms with E-state index in [1.165, 1.54) is 11.1 Å². The second kappa shape index (κ2) is 11.1. The van der Waals surface area contributed by atoms with Gasteiger partial charge in [-0.2, -0.15) is 0 Å². The standard InChI is InChI=1S/C22H34N4O3/c1-23-22(24-8-4-17-6-10-29-11-7-17)25-19-5-9-26(16-19)15-18-12-20(27-2)14-21(13-18)28-3/h6,12-14,19H,4-5,7-11,15-16H2,1-3H3,(H2,23,24,25). The van der Waals surface area contributed by atoms with Gasteiger partial charge in [-0.15, -0.1) is 0 Å². The highest BCUT2D eigenvalue weighted by molar-refractivity contribution is 5.80. The lowest BCUT2D eigenvalue weighted by Gasteiger charge is -2.20. The van der Waals surface area contributed by atoms with Gasteiger partial charge in [-0.3, -0.25) is 9.89 Å². The van der Waals surface area contributed by atoms with E-state index in [0.29, 0.717) is 6.04 Å². The van der Waals surface area contributed by atoms with Crippen LogP contribution in [0, 0.1) is 0 Å². The zero-order valence-electron chi connectivity index (χ0n) is 17.9. The number of hydrogen-bond donors (Lipinski definition) is 2. The minimum Gasteiger partial charge on any atom is -0.497 e. The van der Waals surface area contributed by atoms with E-state index >= 15 is 0 Å². The number of guanidine groups is 1. The fourth-order valence-corrected chi connectivity index (χ4v) is 3.83. The van der Waals surface area contributed by atoms with Crippen molar-refractivity contribution in [3.63, 3.8) is 0 Å². The summed E-state index contributed by atoms with van der Waals surface area (Å²) in [6.45, 7) is 5.42. The van der Waals surface area contributed by atoms with Crippen LogP contribution in [0.5, 0.6) is 11.5 Å². The van der Waals surface area contributed by atoms with Gasteiger partial charge in [-0.05, 0) is 37.0 Å². The Labute approximate surface area is 174 Å². The Bertz CT molecular complexity index is 698. The summed E-state index contributed by atoms with van der Waals surface area (Å²) in [6, 6.07) is 6.46. The lowest BCUT2D eigenvalue weighted by Crippen LogP contribution is -2.44. The molecule has 0 radical (unpaired) electrons. The van der Waals surface area contributed by atoms with E-state index in [4.69, 9.17) is 14.2 Å². The summed E-state index contributed by atoms with van der Waals surface area (Å²) in [5.41, 5.74) is 2.68. The number of likely N-dealkylation sites (tertiary alicyclic amines) is 1. The van der Waals surface area contributed by atoms with Crippen molar-refractivity contribution in [2.75, 3.05) is 54.1 Å². The van der Waals surface area contributed by atoms with Crippen molar-refractivity contribution in [3.8, 4) is 11.5 Å². The second-order valence-electron chi connectivity index (χ2n) is 7.52. The summed E-state index contributed by atoms with van der Waals surface area (Å²) in [5, 5.41) is 7.01. The minimum atomic E-state index is 0.399. The Hall–Kier alpha value is -2.25. The number of rotatable bonds is 8. The zero-order valence-corrected chi connectivity index (χ0v) is 17.9. The summed E-state index contributed by atoms with van der Waals surface area (Å²) in [6.07, 6.45) is 5.38. The fraction of sp³-hybridized carbons (Fsp3) is 0.591. The van der Waals surface area contributed by atoms with Crippen LogP contribution in [0.2, 0.25) is 0 Å². The Balaban J connectivity index is 1.44. The molecule has 1 saturated heterocycles. The Morgan fingerprint density at radius 1 is 1.24 bits per heavy atom. The van der Waals surface area contributed by atoms with Gasteiger partial charge in [0.1, 0.15) is 11.5 Å². The van der Waals surface area contributed by atoms with E-state index in [2.05, 4.69) is 38.7 Å². The predicted molar refractivity (Wildman–Crippen MR) is 116 cm³/mol. The molecule has 2 aliphatic heterocycles. The molecule has 1 aromatic rings. The maximum atomic E-state index is 5.39. The first-order valence-electron chi connectivity index (χ1n) is 10.4. The average Bonchev–Trinajstić information content (AvgIpc) is 3.20. The van der Waals surface area contributed by atoms with Gasteiger partial charge in [0.2, 0.25) is 0 Å². The molecule has 0 amide bonds. The molecule has 0 saturated carbocycles. The molecule has 0 aliphatic carbocycles. The van der Waals surface area contributed by atoms with E-state index in [1.807, 2.05) is 13.1 Å². The highest BCUT2D eigenvalue weighted by atomic mass is 16.5. The fourth-order valence-electron chi connectivity index (χ4n) is 3.83. The topological polar surface area (TPSA) is 67.4 Å². The molecule has 0 spiro atoms. The average molecular weight is 403 g/mol. The highest BCUT2D eigenvalue weighted by Gasteiger charge is 2.23. The van der Waals surface area contributed by atoms with Gasteiger partial charge in [0.15, 0.2) is 5.96 Å². The third-order valence-electron chi connectivity index (χ3n) is 5.45. The first-order chi connectivity index (χ1) is 14.2. The molecule has 2 aliphatic rings. The molecule has 0 aromatic heterocycles. The summed E-state index contributed by atoms with van der Waals surface area (Å²) in [7, 11) is 5.20. The van der Waals surface area contributed by atoms with Crippen LogP contribution in [-0.4, -0.2) is 71.0 Å². The van der Waals surface area contributed by atoms with E-state index in [9.17, 15) is 0 Å². The van der Waals surface area contributed by atoms with Crippen molar-refractivity contribution in [1.82, 2.24) is 15.5 Å². The maximum absolute atomic E-state index is 5.39. The number of aliphatic imine (C=N–C) groups is 1. The summed E-state index contributed by atoms with van der Waals surface area (Å²) >= 11 is 0. The van der Waals surface area contributed by atoms with Crippen LogP contribution in [0.1, 0.15) is 24.8 Å². The zero-order chi connectivity index (χ0) is 20.5. The van der Waals surface area contributed by atoms with Gasteiger partial charge in [0.25, 0.3) is 0 Å². The minimum absolute atomic E-state index is 0.399. The van der Waals surface area contributed by atoms with Crippen LogP contribution in [0.25, 0.3) is 0 Å². The van der Waals surface area contributed by atoms with Crippen molar-refractivity contribution in [2.24, 2.45) is 4.99 Å². The molecule has 7 nitrogen and oxygen atoms in total. The Morgan fingerprint density at radius 2 is 2.03 bits per heavy atom. The molecular weight excluding hydrogens is 368 g/mol. The molecule has 3 rings (SSSR count). The number of methoxy groups -OCH3 is 2. The molecule has 1 fully saturated rings. The molecule has 1 aromatic carbocycles. The molecule has 0 bridgehead atoms. The van der Waals surface area contributed by atoms with Crippen molar-refractivity contribution in [1.29, 1.82) is 0 Å². The van der Waals surface area contributed by atoms with Crippen molar-refractivity contribution < 1.29 is 14.2 Å². The van der Waals surface area contributed by atoms with Gasteiger partial charge < -0.3 is 24.8 Å². The number of benzene rings is 1. The number of ether oxygens (including phenoxy) is 3. The van der Waals surface area contributed by atoms with Crippen molar-refractivity contribution in [3.05, 3.63) is 35.4 Å². The van der Waals surface area contributed by atoms with Crippen LogP contribution in [0.4, 0.5) is 0 Å². The van der Waals surface area contributed by atoms with Gasteiger partial charge in [0, 0.05) is 45.3 Å². The Morgan fingerprint density at radius 3 is 2.69 bits per heavy atom. The quantitative estimate of drug-likeness (QED) is 0.395. The molecule has 160 valence electrons. The number of hydrogen-bond acceptors (Lipinski definition) is 5. The monoisotopic (exact) mass is 402 g/mol. The SMILES string of the molecule is CN=C(NCCC1=CCOCC1)NC1CCN(Cc2cc(OC)cc(OC)c2)C1. The molecule has 1 unspecified atom stereocenters. The Kier molecular flexibility index (Phi) is 8.19. The van der Waals surface area contributed by atoms with Gasteiger partial charge >= 0.3 is 0 Å². The molecule has 29 heavy (non-hydrogen) atoms. The number of nitrogens with zero attached hydrogens (tertiary/aromatic N) is 2. The first-order valence-corrected chi connectivity index (χ1v) is 10.4. The van der Waals surface area contributed by atoms with Gasteiger partial charge in [-0.25, -0.2) is 0 Å². The molecule has 1 atom stereocenters. The smallest absolute Gasteiger partial charge is 0.191 e. The molecule has 2 heterocycles. The first kappa shape index (κ1) is 21.5.